The van der Waals surface area contributed by atoms with E-state index in [0.717, 1.165) is 16.5 Å². The van der Waals surface area contributed by atoms with Crippen LogP contribution in [0, 0.1) is 5.92 Å². The standard InChI is InChI=1S/C18H22BrN3O3/c1-12(2)6-7-25-16-5-4-13(8-17(16)24-3)10-21-22-18(23)15-9-14(19)11-20-15/h4-5,8-12,20H,6-7H2,1-3H3,(H,22,23)/b21-10-. The highest BCUT2D eigenvalue weighted by molar-refractivity contribution is 9.10. The van der Waals surface area contributed by atoms with Crippen LogP contribution < -0.4 is 14.9 Å². The van der Waals surface area contributed by atoms with Gasteiger partial charge in [0.25, 0.3) is 5.91 Å². The van der Waals surface area contributed by atoms with Crippen molar-refractivity contribution >= 4 is 28.1 Å². The summed E-state index contributed by atoms with van der Waals surface area (Å²) in [6, 6.07) is 7.18. The number of nitrogens with one attached hydrogen (secondary N) is 2. The molecule has 0 saturated heterocycles. The summed E-state index contributed by atoms with van der Waals surface area (Å²) in [5.41, 5.74) is 3.68. The number of benzene rings is 1. The zero-order valence-electron chi connectivity index (χ0n) is 14.5. The Morgan fingerprint density at radius 2 is 2.16 bits per heavy atom. The Morgan fingerprint density at radius 3 is 2.80 bits per heavy atom. The number of amides is 1. The molecule has 25 heavy (non-hydrogen) atoms. The van der Waals surface area contributed by atoms with E-state index in [2.05, 4.69) is 45.3 Å². The van der Waals surface area contributed by atoms with Crippen molar-refractivity contribution in [2.24, 2.45) is 11.0 Å². The Hall–Kier alpha value is -2.28. The predicted molar refractivity (Wildman–Crippen MR) is 101 cm³/mol. The first-order chi connectivity index (χ1) is 12.0. The Labute approximate surface area is 155 Å². The van der Waals surface area contributed by atoms with Crippen molar-refractivity contribution < 1.29 is 14.3 Å². The van der Waals surface area contributed by atoms with Gasteiger partial charge < -0.3 is 14.5 Å². The number of hydrazone groups is 1. The van der Waals surface area contributed by atoms with Crippen molar-refractivity contribution in [3.63, 3.8) is 0 Å². The lowest BCUT2D eigenvalue weighted by Crippen LogP contribution is -2.17. The second-order valence-corrected chi connectivity index (χ2v) is 6.79. The number of methoxy groups -OCH3 is 1. The number of carbonyl (C=O) groups is 1. The summed E-state index contributed by atoms with van der Waals surface area (Å²) >= 11 is 3.28. The lowest BCUT2D eigenvalue weighted by Gasteiger charge is -2.12. The van der Waals surface area contributed by atoms with Crippen LogP contribution in [-0.4, -0.2) is 30.8 Å². The number of ether oxygens (including phenoxy) is 2. The fourth-order valence-corrected chi connectivity index (χ4v) is 2.36. The lowest BCUT2D eigenvalue weighted by molar-refractivity contribution is 0.0951. The fraction of sp³-hybridized carbons (Fsp3) is 0.333. The van der Waals surface area contributed by atoms with Crippen molar-refractivity contribution in [2.45, 2.75) is 20.3 Å². The molecule has 7 heteroatoms. The van der Waals surface area contributed by atoms with Crippen molar-refractivity contribution in [1.29, 1.82) is 0 Å². The van der Waals surface area contributed by atoms with Gasteiger partial charge in [-0.1, -0.05) is 13.8 Å². The first kappa shape index (κ1) is 19.1. The van der Waals surface area contributed by atoms with Crippen LogP contribution in [0.15, 0.2) is 40.0 Å². The Bertz CT molecular complexity index is 741. The molecule has 0 unspecified atom stereocenters. The molecule has 0 aliphatic heterocycles. The number of aromatic nitrogens is 1. The van der Waals surface area contributed by atoms with Crippen molar-refractivity contribution in [3.8, 4) is 11.5 Å². The average molecular weight is 408 g/mol. The second-order valence-electron chi connectivity index (χ2n) is 5.87. The third-order valence-corrected chi connectivity index (χ3v) is 3.87. The minimum atomic E-state index is -0.317. The van der Waals surface area contributed by atoms with E-state index in [9.17, 15) is 4.79 Å². The van der Waals surface area contributed by atoms with Gasteiger partial charge in [0.2, 0.25) is 0 Å². The van der Waals surface area contributed by atoms with E-state index < -0.39 is 0 Å². The van der Waals surface area contributed by atoms with Gasteiger partial charge in [-0.3, -0.25) is 4.79 Å². The number of hydrogen-bond acceptors (Lipinski definition) is 4. The monoisotopic (exact) mass is 407 g/mol. The molecule has 0 radical (unpaired) electrons. The van der Waals surface area contributed by atoms with E-state index in [1.54, 1.807) is 25.6 Å². The van der Waals surface area contributed by atoms with Gasteiger partial charge in [0.15, 0.2) is 11.5 Å². The van der Waals surface area contributed by atoms with Gasteiger partial charge in [-0.05, 0) is 58.1 Å². The molecule has 0 aliphatic rings. The molecule has 0 aliphatic carbocycles. The Morgan fingerprint density at radius 1 is 1.36 bits per heavy atom. The minimum Gasteiger partial charge on any atom is -0.493 e. The van der Waals surface area contributed by atoms with E-state index in [-0.39, 0.29) is 5.91 Å². The number of H-pyrrole nitrogens is 1. The van der Waals surface area contributed by atoms with Gasteiger partial charge in [0, 0.05) is 10.7 Å². The molecule has 2 N–H and O–H groups in total. The number of hydrogen-bond donors (Lipinski definition) is 2. The van der Waals surface area contributed by atoms with Crippen LogP contribution in [0.4, 0.5) is 0 Å². The molecule has 0 bridgehead atoms. The van der Waals surface area contributed by atoms with E-state index in [1.807, 2.05) is 18.2 Å². The molecule has 6 nitrogen and oxygen atoms in total. The largest absolute Gasteiger partial charge is 0.493 e. The molecule has 1 heterocycles. The highest BCUT2D eigenvalue weighted by atomic mass is 79.9. The van der Waals surface area contributed by atoms with E-state index in [4.69, 9.17) is 9.47 Å². The summed E-state index contributed by atoms with van der Waals surface area (Å²) in [5.74, 6) is 1.59. The third kappa shape index (κ3) is 5.94. The SMILES string of the molecule is COc1cc(/C=N\NC(=O)c2cc(Br)c[nH]2)ccc1OCCC(C)C. The third-order valence-electron chi connectivity index (χ3n) is 3.41. The summed E-state index contributed by atoms with van der Waals surface area (Å²) in [4.78, 5) is 14.7. The number of aromatic amines is 1. The topological polar surface area (TPSA) is 75.7 Å². The van der Waals surface area contributed by atoms with E-state index in [1.165, 1.54) is 0 Å². The molecular weight excluding hydrogens is 386 g/mol. The maximum absolute atomic E-state index is 11.9. The summed E-state index contributed by atoms with van der Waals surface area (Å²) < 4.78 is 11.9. The van der Waals surface area contributed by atoms with Gasteiger partial charge in [-0.2, -0.15) is 5.10 Å². The highest BCUT2D eigenvalue weighted by Crippen LogP contribution is 2.27. The first-order valence-corrected chi connectivity index (χ1v) is 8.77. The Balaban J connectivity index is 1.96. The first-order valence-electron chi connectivity index (χ1n) is 7.97. The number of rotatable bonds is 8. The highest BCUT2D eigenvalue weighted by Gasteiger charge is 2.07. The molecule has 134 valence electrons. The zero-order chi connectivity index (χ0) is 18.2. The molecule has 0 saturated carbocycles. The molecule has 1 aromatic heterocycles. The van der Waals surface area contributed by atoms with Gasteiger partial charge in [0.05, 0.1) is 19.9 Å². The molecule has 0 atom stereocenters. The van der Waals surface area contributed by atoms with Crippen molar-refractivity contribution in [2.75, 3.05) is 13.7 Å². The predicted octanol–water partition coefficient (Wildman–Crippen LogP) is 3.97. The van der Waals surface area contributed by atoms with E-state index in [0.29, 0.717) is 29.7 Å². The smallest absolute Gasteiger partial charge is 0.287 e. The fourth-order valence-electron chi connectivity index (χ4n) is 2.01. The molecule has 2 aromatic rings. The van der Waals surface area contributed by atoms with Crippen LogP contribution in [-0.2, 0) is 0 Å². The molecular formula is C18H22BrN3O3. The molecule has 0 spiro atoms. The summed E-state index contributed by atoms with van der Waals surface area (Å²) in [5, 5.41) is 3.96. The number of carbonyl (C=O) groups excluding carboxylic acids is 1. The number of nitrogens with zero attached hydrogens (tertiary/aromatic N) is 1. The maximum Gasteiger partial charge on any atom is 0.287 e. The molecule has 1 amide bonds. The normalized spacial score (nSPS) is 11.1. The molecule has 1 aromatic carbocycles. The van der Waals surface area contributed by atoms with Crippen LogP contribution in [0.1, 0.15) is 36.3 Å². The van der Waals surface area contributed by atoms with Crippen LogP contribution in [0.3, 0.4) is 0 Å². The quantitative estimate of drug-likeness (QED) is 0.513. The lowest BCUT2D eigenvalue weighted by atomic mass is 10.1. The summed E-state index contributed by atoms with van der Waals surface area (Å²) in [7, 11) is 1.59. The Kier molecular flexibility index (Phi) is 7.06. The van der Waals surface area contributed by atoms with Gasteiger partial charge in [0.1, 0.15) is 5.69 Å². The van der Waals surface area contributed by atoms with Gasteiger partial charge in [-0.25, -0.2) is 5.43 Å². The van der Waals surface area contributed by atoms with Gasteiger partial charge in [-0.15, -0.1) is 0 Å². The van der Waals surface area contributed by atoms with Crippen LogP contribution in [0.5, 0.6) is 11.5 Å². The maximum atomic E-state index is 11.9. The van der Waals surface area contributed by atoms with Crippen molar-refractivity contribution in [3.05, 3.63) is 46.2 Å². The van der Waals surface area contributed by atoms with Crippen LogP contribution >= 0.6 is 15.9 Å². The summed E-state index contributed by atoms with van der Waals surface area (Å²) in [6.07, 6.45) is 4.21. The molecule has 0 fully saturated rings. The van der Waals surface area contributed by atoms with Gasteiger partial charge >= 0.3 is 0 Å². The van der Waals surface area contributed by atoms with E-state index >= 15 is 0 Å². The number of halogens is 1. The average Bonchev–Trinajstić information content (AvgIpc) is 3.02. The zero-order valence-corrected chi connectivity index (χ0v) is 16.1. The van der Waals surface area contributed by atoms with Crippen LogP contribution in [0.2, 0.25) is 0 Å². The van der Waals surface area contributed by atoms with Crippen molar-refractivity contribution in [1.82, 2.24) is 10.4 Å². The summed E-state index contributed by atoms with van der Waals surface area (Å²) in [6.45, 7) is 4.95. The second kappa shape index (κ2) is 9.27. The molecule has 2 rings (SSSR count). The van der Waals surface area contributed by atoms with Crippen LogP contribution in [0.25, 0.3) is 0 Å². The minimum absolute atomic E-state index is 0.317.